The number of likely N-dealkylation sites (N-methyl/N-ethyl adjacent to an activating group) is 2. The lowest BCUT2D eigenvalue weighted by Crippen LogP contribution is -2.44. The minimum absolute atomic E-state index is 0.183. The Bertz CT molecular complexity index is 1220. The smallest absolute Gasteiger partial charge is 0.158 e. The maximum absolute atomic E-state index is 9.97. The number of nitrogens with zero attached hydrogens (tertiary/aromatic N) is 2. The van der Waals surface area contributed by atoms with Gasteiger partial charge in [0, 0.05) is 38.2 Å². The van der Waals surface area contributed by atoms with Gasteiger partial charge in [-0.3, -0.25) is 4.90 Å². The summed E-state index contributed by atoms with van der Waals surface area (Å²) in [4.78, 5) is 4.83. The second-order valence-electron chi connectivity index (χ2n) is 11.9. The Hall–Kier alpha value is -3.00. The lowest BCUT2D eigenvalue weighted by Gasteiger charge is -2.41. The first kappa shape index (κ1) is 30.5. The summed E-state index contributed by atoms with van der Waals surface area (Å²) in [5.74, 6) is 3.63. The fourth-order valence-electron chi connectivity index (χ4n) is 6.80. The summed E-state index contributed by atoms with van der Waals surface area (Å²) in [7, 11) is 5.57. The van der Waals surface area contributed by atoms with Crippen LogP contribution in [0.1, 0.15) is 42.9 Å². The number of methoxy groups -OCH3 is 2. The molecule has 1 heterocycles. The van der Waals surface area contributed by atoms with Crippen molar-refractivity contribution in [2.75, 3.05) is 54.1 Å². The quantitative estimate of drug-likeness (QED) is 0.335. The van der Waals surface area contributed by atoms with Crippen molar-refractivity contribution in [3.05, 3.63) is 82.8 Å². The molecule has 0 amide bonds. The molecule has 1 saturated heterocycles. The van der Waals surface area contributed by atoms with Crippen molar-refractivity contribution in [1.82, 2.24) is 9.80 Å². The van der Waals surface area contributed by atoms with E-state index in [-0.39, 0.29) is 12.0 Å². The summed E-state index contributed by atoms with van der Waals surface area (Å²) < 4.78 is 23.4. The normalized spacial score (nSPS) is 23.9. The van der Waals surface area contributed by atoms with E-state index in [4.69, 9.17) is 18.9 Å². The molecule has 0 bridgehead atoms. The molecule has 0 radical (unpaired) electrons. The van der Waals surface area contributed by atoms with Gasteiger partial charge in [-0.05, 0) is 105 Å². The highest BCUT2D eigenvalue weighted by Crippen LogP contribution is 2.39. The highest BCUT2D eigenvalue weighted by molar-refractivity contribution is 5.38. The van der Waals surface area contributed by atoms with Gasteiger partial charge in [-0.25, -0.2) is 0 Å². The van der Waals surface area contributed by atoms with Gasteiger partial charge < -0.3 is 29.0 Å². The third-order valence-corrected chi connectivity index (χ3v) is 9.16. The third-order valence-electron chi connectivity index (χ3n) is 9.16. The molecule has 7 heteroatoms. The average Bonchev–Trinajstić information content (AvgIpc) is 3.52. The summed E-state index contributed by atoms with van der Waals surface area (Å²) in [5.41, 5.74) is 3.87. The molecule has 2 aromatic rings. The number of phenolic OH excluding ortho intramolecular Hbond substituents is 1. The van der Waals surface area contributed by atoms with Crippen LogP contribution in [0.25, 0.3) is 0 Å². The van der Waals surface area contributed by atoms with Crippen LogP contribution in [0.4, 0.5) is 0 Å². The number of hydrogen-bond donors (Lipinski definition) is 1. The maximum Gasteiger partial charge on any atom is 0.158 e. The summed E-state index contributed by atoms with van der Waals surface area (Å²) in [6, 6.07) is 14.6. The standard InChI is InChI=1S/C35H48N2O5/c1-5-37(23-25-8-14-30(15-9-25)42-18-16-36(2)24-31-7-6-17-41-31)33-22-35(40-4)34(39-3)21-32(33)28-11-10-27-20-29(38)13-12-26(27)19-28/h8-9,12-15,20-22,28,31-33,38H,5-7,10-11,16-19,23-24H2,1-4H3/t28-,31+,32?,33?/m1/s1. The van der Waals surface area contributed by atoms with Crippen molar-refractivity contribution in [2.45, 2.75) is 57.7 Å². The van der Waals surface area contributed by atoms with Gasteiger partial charge in [0.25, 0.3) is 0 Å². The number of rotatable bonds is 13. The highest BCUT2D eigenvalue weighted by atomic mass is 16.5. The largest absolute Gasteiger partial charge is 0.508 e. The first-order chi connectivity index (χ1) is 20.5. The van der Waals surface area contributed by atoms with E-state index in [1.54, 1.807) is 14.2 Å². The molecule has 2 aliphatic carbocycles. The summed E-state index contributed by atoms with van der Waals surface area (Å²) in [6.07, 6.45) is 10.3. The number of ether oxygens (including phenoxy) is 4. The molecule has 1 aliphatic heterocycles. The molecule has 2 aromatic carbocycles. The molecule has 42 heavy (non-hydrogen) atoms. The summed E-state index contributed by atoms with van der Waals surface area (Å²) >= 11 is 0. The maximum atomic E-state index is 9.97. The van der Waals surface area contributed by atoms with Crippen LogP contribution in [-0.4, -0.2) is 81.2 Å². The number of benzene rings is 2. The van der Waals surface area contributed by atoms with Crippen molar-refractivity contribution in [1.29, 1.82) is 0 Å². The Morgan fingerprint density at radius 2 is 1.76 bits per heavy atom. The van der Waals surface area contributed by atoms with Crippen LogP contribution in [0, 0.1) is 11.8 Å². The van der Waals surface area contributed by atoms with Crippen molar-refractivity contribution < 1.29 is 24.1 Å². The number of hydrogen-bond acceptors (Lipinski definition) is 7. The van der Waals surface area contributed by atoms with Crippen LogP contribution in [-0.2, 0) is 33.6 Å². The monoisotopic (exact) mass is 576 g/mol. The zero-order valence-corrected chi connectivity index (χ0v) is 25.8. The lowest BCUT2D eigenvalue weighted by molar-refractivity contribution is 0.0771. The number of fused-ring (bicyclic) bond motifs is 1. The van der Waals surface area contributed by atoms with Gasteiger partial charge in [-0.2, -0.15) is 0 Å². The molecular formula is C35H48N2O5. The Balaban J connectivity index is 1.23. The third kappa shape index (κ3) is 7.49. The first-order valence-corrected chi connectivity index (χ1v) is 15.6. The van der Waals surface area contributed by atoms with Gasteiger partial charge in [0.15, 0.2) is 11.5 Å². The average molecular weight is 577 g/mol. The molecule has 228 valence electrons. The Labute approximate surface area is 251 Å². The molecule has 1 N–H and O–H groups in total. The lowest BCUT2D eigenvalue weighted by atomic mass is 9.72. The van der Waals surface area contributed by atoms with E-state index in [0.717, 1.165) is 75.7 Å². The van der Waals surface area contributed by atoms with Crippen LogP contribution in [0.5, 0.6) is 11.5 Å². The SMILES string of the molecule is CCN(Cc1ccc(OCCN(C)C[C@@H]2CCCO2)cc1)C1C=C(OC)C(OC)=CC1[C@@H]1CCc2cc(O)ccc2C1. The zero-order valence-electron chi connectivity index (χ0n) is 25.8. The molecule has 4 atom stereocenters. The van der Waals surface area contributed by atoms with E-state index in [2.05, 4.69) is 66.3 Å². The van der Waals surface area contributed by atoms with Crippen LogP contribution in [0.2, 0.25) is 0 Å². The summed E-state index contributed by atoms with van der Waals surface area (Å²) in [6.45, 7) is 7.39. The van der Waals surface area contributed by atoms with Crippen LogP contribution in [0.3, 0.4) is 0 Å². The molecule has 0 spiro atoms. The predicted octanol–water partition coefficient (Wildman–Crippen LogP) is 5.57. The van der Waals surface area contributed by atoms with Crippen molar-refractivity contribution in [3.63, 3.8) is 0 Å². The van der Waals surface area contributed by atoms with Gasteiger partial charge in [0.1, 0.15) is 18.1 Å². The van der Waals surface area contributed by atoms with E-state index in [1.165, 1.54) is 23.1 Å². The molecule has 0 saturated carbocycles. The van der Waals surface area contributed by atoms with Gasteiger partial charge in [-0.15, -0.1) is 0 Å². The topological polar surface area (TPSA) is 63.6 Å². The minimum atomic E-state index is 0.183. The van der Waals surface area contributed by atoms with Gasteiger partial charge in [0.2, 0.25) is 0 Å². The molecule has 1 fully saturated rings. The number of aromatic hydroxyl groups is 1. The van der Waals surface area contributed by atoms with Crippen LogP contribution < -0.4 is 4.74 Å². The number of aryl methyl sites for hydroxylation is 1. The first-order valence-electron chi connectivity index (χ1n) is 15.6. The molecular weight excluding hydrogens is 528 g/mol. The minimum Gasteiger partial charge on any atom is -0.508 e. The molecule has 3 aliphatic rings. The number of phenols is 1. The van der Waals surface area contributed by atoms with Gasteiger partial charge in [-0.1, -0.05) is 25.1 Å². The molecule has 5 rings (SSSR count). The zero-order chi connectivity index (χ0) is 29.5. The molecule has 2 unspecified atom stereocenters. The van der Waals surface area contributed by atoms with E-state index < -0.39 is 0 Å². The second kappa shape index (κ2) is 14.5. The van der Waals surface area contributed by atoms with Gasteiger partial charge in [0.05, 0.1) is 20.3 Å². The van der Waals surface area contributed by atoms with E-state index in [1.807, 2.05) is 12.1 Å². The molecule has 0 aromatic heterocycles. The predicted molar refractivity (Wildman–Crippen MR) is 166 cm³/mol. The van der Waals surface area contributed by atoms with E-state index in [0.29, 0.717) is 24.4 Å². The Morgan fingerprint density at radius 1 is 0.976 bits per heavy atom. The van der Waals surface area contributed by atoms with E-state index >= 15 is 0 Å². The summed E-state index contributed by atoms with van der Waals surface area (Å²) in [5, 5.41) is 9.97. The van der Waals surface area contributed by atoms with Crippen LogP contribution >= 0.6 is 0 Å². The van der Waals surface area contributed by atoms with Crippen LogP contribution in [0.15, 0.2) is 66.1 Å². The van der Waals surface area contributed by atoms with E-state index in [9.17, 15) is 5.11 Å². The highest BCUT2D eigenvalue weighted by Gasteiger charge is 2.37. The van der Waals surface area contributed by atoms with Crippen molar-refractivity contribution in [2.24, 2.45) is 11.8 Å². The van der Waals surface area contributed by atoms with Crippen molar-refractivity contribution >= 4 is 0 Å². The fourth-order valence-corrected chi connectivity index (χ4v) is 6.80. The molecule has 7 nitrogen and oxygen atoms in total. The fraction of sp³-hybridized carbons (Fsp3) is 0.543. The second-order valence-corrected chi connectivity index (χ2v) is 11.9. The Kier molecular flexibility index (Phi) is 10.5. The van der Waals surface area contributed by atoms with Gasteiger partial charge >= 0.3 is 0 Å². The van der Waals surface area contributed by atoms with Crippen molar-refractivity contribution in [3.8, 4) is 11.5 Å². The Morgan fingerprint density at radius 3 is 2.48 bits per heavy atom.